The maximum atomic E-state index is 14.0. The molecule has 1 amide bonds. The van der Waals surface area contributed by atoms with Gasteiger partial charge in [-0.3, -0.25) is 9.69 Å². The second-order valence-electron chi connectivity index (χ2n) is 8.63. The van der Waals surface area contributed by atoms with Crippen molar-refractivity contribution < 1.29 is 14.7 Å². The van der Waals surface area contributed by atoms with Crippen LogP contribution in [0.1, 0.15) is 37.6 Å². The maximum Gasteiger partial charge on any atom is 0.408 e. The summed E-state index contributed by atoms with van der Waals surface area (Å²) in [4.78, 5) is 27.6. The van der Waals surface area contributed by atoms with Crippen LogP contribution in [0.3, 0.4) is 0 Å². The highest BCUT2D eigenvalue weighted by atomic mass is 16.4. The molecule has 8 heteroatoms. The van der Waals surface area contributed by atoms with Crippen LogP contribution in [0, 0.1) is 17.3 Å². The van der Waals surface area contributed by atoms with Crippen LogP contribution in [-0.4, -0.2) is 62.5 Å². The van der Waals surface area contributed by atoms with Crippen molar-refractivity contribution in [1.82, 2.24) is 25.6 Å². The summed E-state index contributed by atoms with van der Waals surface area (Å²) in [6.45, 7) is 7.83. The number of H-pyrrole nitrogens is 1. The second-order valence-corrected chi connectivity index (χ2v) is 8.63. The molecule has 2 saturated heterocycles. The molecule has 1 aromatic heterocycles. The molecular weight excluding hydrogens is 346 g/mol. The zero-order chi connectivity index (χ0) is 19.4. The molecule has 27 heavy (non-hydrogen) atoms. The number of aromatic nitrogens is 3. The number of hydrogen-bond acceptors (Lipinski definition) is 5. The SMILES string of the molecule is CC(C)(C)C1(C(=O)c2ccc3n[nH]nc3c2)[C@@H]2CCNC[C@H]2CN1C(=O)O. The number of benzene rings is 1. The number of amides is 1. The quantitative estimate of drug-likeness (QED) is 0.698. The smallest absolute Gasteiger partial charge is 0.408 e. The van der Waals surface area contributed by atoms with Gasteiger partial charge in [0.25, 0.3) is 0 Å². The molecule has 3 N–H and O–H groups in total. The summed E-state index contributed by atoms with van der Waals surface area (Å²) in [6.07, 6.45) is -0.251. The van der Waals surface area contributed by atoms with Gasteiger partial charge in [-0.05, 0) is 48.4 Å². The van der Waals surface area contributed by atoms with Crippen molar-refractivity contribution >= 4 is 22.9 Å². The summed E-state index contributed by atoms with van der Waals surface area (Å²) in [5.41, 5.74) is 0.0992. The summed E-state index contributed by atoms with van der Waals surface area (Å²) >= 11 is 0. The molecule has 8 nitrogen and oxygen atoms in total. The Hall–Kier alpha value is -2.48. The molecule has 0 bridgehead atoms. The number of carbonyl (C=O) groups is 2. The second kappa shape index (κ2) is 6.02. The fraction of sp³-hybridized carbons (Fsp3) is 0.579. The normalized spacial score (nSPS) is 28.3. The Morgan fingerprint density at radius 3 is 2.70 bits per heavy atom. The fourth-order valence-electron chi connectivity index (χ4n) is 5.27. The Kier molecular flexibility index (Phi) is 3.99. The molecule has 2 aliphatic heterocycles. The average molecular weight is 371 g/mol. The Morgan fingerprint density at radius 1 is 1.26 bits per heavy atom. The summed E-state index contributed by atoms with van der Waals surface area (Å²) in [5.74, 6) is -0.0270. The fourth-order valence-corrected chi connectivity index (χ4v) is 5.27. The van der Waals surface area contributed by atoms with Crippen molar-refractivity contribution in [2.45, 2.75) is 32.7 Å². The van der Waals surface area contributed by atoms with Crippen molar-refractivity contribution in [3.63, 3.8) is 0 Å². The number of likely N-dealkylation sites (tertiary alicyclic amines) is 1. The topological polar surface area (TPSA) is 111 Å². The minimum Gasteiger partial charge on any atom is -0.465 e. The Balaban J connectivity index is 1.90. The van der Waals surface area contributed by atoms with E-state index in [9.17, 15) is 14.7 Å². The molecule has 4 rings (SSSR count). The van der Waals surface area contributed by atoms with E-state index in [1.165, 1.54) is 4.90 Å². The summed E-state index contributed by atoms with van der Waals surface area (Å²) in [6, 6.07) is 5.20. The maximum absolute atomic E-state index is 14.0. The molecule has 0 radical (unpaired) electrons. The number of hydrogen-bond donors (Lipinski definition) is 3. The molecule has 0 saturated carbocycles. The third kappa shape index (κ3) is 2.46. The van der Waals surface area contributed by atoms with Gasteiger partial charge in [0.1, 0.15) is 16.6 Å². The number of Topliss-reactive ketones (excluding diaryl/α,β-unsaturated/α-hetero) is 1. The number of rotatable bonds is 2. The highest BCUT2D eigenvalue weighted by Gasteiger charge is 2.65. The van der Waals surface area contributed by atoms with Gasteiger partial charge in [-0.15, -0.1) is 0 Å². The number of carbonyl (C=O) groups excluding carboxylic acids is 1. The van der Waals surface area contributed by atoms with Gasteiger partial charge < -0.3 is 10.4 Å². The number of nitrogens with one attached hydrogen (secondary N) is 2. The Labute approximate surface area is 157 Å². The van der Waals surface area contributed by atoms with E-state index in [0.29, 0.717) is 23.1 Å². The lowest BCUT2D eigenvalue weighted by Crippen LogP contribution is -2.64. The molecule has 2 aromatic rings. The van der Waals surface area contributed by atoms with Crippen LogP contribution in [0.4, 0.5) is 4.79 Å². The first-order chi connectivity index (χ1) is 12.8. The zero-order valence-corrected chi connectivity index (χ0v) is 15.8. The first-order valence-electron chi connectivity index (χ1n) is 9.33. The van der Waals surface area contributed by atoms with E-state index in [1.54, 1.807) is 18.2 Å². The van der Waals surface area contributed by atoms with Crippen molar-refractivity contribution in [2.75, 3.05) is 19.6 Å². The van der Waals surface area contributed by atoms with Gasteiger partial charge >= 0.3 is 6.09 Å². The Morgan fingerprint density at radius 2 is 2.00 bits per heavy atom. The first kappa shape index (κ1) is 17.9. The van der Waals surface area contributed by atoms with Gasteiger partial charge in [-0.2, -0.15) is 15.4 Å². The van der Waals surface area contributed by atoms with Crippen LogP contribution < -0.4 is 5.32 Å². The molecule has 2 aliphatic rings. The molecule has 2 fully saturated rings. The third-order valence-corrected chi connectivity index (χ3v) is 6.29. The first-order valence-corrected chi connectivity index (χ1v) is 9.33. The third-order valence-electron chi connectivity index (χ3n) is 6.29. The van der Waals surface area contributed by atoms with Crippen molar-refractivity contribution in [3.05, 3.63) is 23.8 Å². The van der Waals surface area contributed by atoms with Crippen molar-refractivity contribution in [1.29, 1.82) is 0 Å². The van der Waals surface area contributed by atoms with Gasteiger partial charge in [-0.1, -0.05) is 20.8 Å². The van der Waals surface area contributed by atoms with E-state index in [-0.39, 0.29) is 17.6 Å². The number of ketones is 1. The predicted octanol–water partition coefficient (Wildman–Crippen LogP) is 2.14. The average Bonchev–Trinajstić information content (AvgIpc) is 3.22. The highest BCUT2D eigenvalue weighted by molar-refractivity contribution is 6.07. The lowest BCUT2D eigenvalue weighted by atomic mass is 9.60. The van der Waals surface area contributed by atoms with E-state index in [4.69, 9.17) is 0 Å². The van der Waals surface area contributed by atoms with Crippen LogP contribution in [0.25, 0.3) is 11.0 Å². The van der Waals surface area contributed by atoms with E-state index >= 15 is 0 Å². The zero-order valence-electron chi connectivity index (χ0n) is 15.8. The molecular formula is C19H25N5O3. The lowest BCUT2D eigenvalue weighted by Gasteiger charge is -2.50. The monoisotopic (exact) mass is 371 g/mol. The van der Waals surface area contributed by atoms with Gasteiger partial charge in [0.05, 0.1) is 0 Å². The van der Waals surface area contributed by atoms with Crippen molar-refractivity contribution in [3.8, 4) is 0 Å². The van der Waals surface area contributed by atoms with E-state index in [1.807, 2.05) is 20.8 Å². The van der Waals surface area contributed by atoms with Crippen LogP contribution in [0.5, 0.6) is 0 Å². The summed E-state index contributed by atoms with van der Waals surface area (Å²) in [5, 5.41) is 24.0. The number of fused-ring (bicyclic) bond motifs is 2. The van der Waals surface area contributed by atoms with E-state index < -0.39 is 17.0 Å². The Bertz CT molecular complexity index is 902. The molecule has 1 aromatic carbocycles. The van der Waals surface area contributed by atoms with Gasteiger partial charge in [0.15, 0.2) is 5.78 Å². The summed E-state index contributed by atoms with van der Waals surface area (Å²) < 4.78 is 0. The minimum absolute atomic E-state index is 0.0182. The van der Waals surface area contributed by atoms with Crippen LogP contribution in [0.15, 0.2) is 18.2 Å². The number of piperidine rings is 1. The molecule has 3 atom stereocenters. The molecule has 3 heterocycles. The van der Waals surface area contributed by atoms with E-state index in [0.717, 1.165) is 19.5 Å². The highest BCUT2D eigenvalue weighted by Crippen LogP contribution is 2.53. The standard InChI is InChI=1S/C19H25N5O3/c1-18(2,3)19(13-6-7-20-9-12(13)10-24(19)17(26)27)16(25)11-4-5-14-15(8-11)22-23-21-14/h4-5,8,12-13,20H,6-7,9-10H2,1-3H3,(H,26,27)(H,21,22,23)/t12-,13+,19?/m0/s1. The van der Waals surface area contributed by atoms with Gasteiger partial charge in [-0.25, -0.2) is 4.79 Å². The van der Waals surface area contributed by atoms with Gasteiger partial charge in [0.2, 0.25) is 0 Å². The molecule has 0 aliphatic carbocycles. The summed E-state index contributed by atoms with van der Waals surface area (Å²) in [7, 11) is 0. The minimum atomic E-state index is -1.11. The predicted molar refractivity (Wildman–Crippen MR) is 99.6 cm³/mol. The molecule has 1 unspecified atom stereocenters. The number of nitrogens with zero attached hydrogens (tertiary/aromatic N) is 3. The number of carboxylic acid groups (broad SMARTS) is 1. The van der Waals surface area contributed by atoms with Crippen molar-refractivity contribution in [2.24, 2.45) is 17.3 Å². The lowest BCUT2D eigenvalue weighted by molar-refractivity contribution is 0.00461. The largest absolute Gasteiger partial charge is 0.465 e. The van der Waals surface area contributed by atoms with Gasteiger partial charge in [0, 0.05) is 18.7 Å². The molecule has 144 valence electrons. The van der Waals surface area contributed by atoms with Crippen LogP contribution in [0.2, 0.25) is 0 Å². The number of aromatic amines is 1. The van der Waals surface area contributed by atoms with E-state index in [2.05, 4.69) is 20.7 Å². The molecule has 0 spiro atoms. The van der Waals surface area contributed by atoms with Crippen LogP contribution in [-0.2, 0) is 0 Å². The van der Waals surface area contributed by atoms with Crippen LogP contribution >= 0.6 is 0 Å².